The highest BCUT2D eigenvalue weighted by Gasteiger charge is 2.08. The Hall–Kier alpha value is -1.60. The normalized spacial score (nSPS) is 7.92. The van der Waals surface area contributed by atoms with Crippen molar-refractivity contribution in [3.8, 4) is 0 Å². The van der Waals surface area contributed by atoms with Gasteiger partial charge in [-0.1, -0.05) is 6.07 Å². The van der Waals surface area contributed by atoms with Crippen LogP contribution in [0.4, 0.5) is 5.69 Å². The molecular formula is C7H5ClN2O2. The highest BCUT2D eigenvalue weighted by molar-refractivity contribution is 5.88. The van der Waals surface area contributed by atoms with Crippen molar-refractivity contribution in [1.29, 1.82) is 5.39 Å². The van der Waals surface area contributed by atoms with Crippen LogP contribution in [-0.4, -0.2) is 11.1 Å². The fourth-order valence-electron chi connectivity index (χ4n) is 0.701. The Kier molecular flexibility index (Phi) is 3.74. The molecule has 12 heavy (non-hydrogen) atoms. The summed E-state index contributed by atoms with van der Waals surface area (Å²) in [5.41, 5.74) is 0.352. The van der Waals surface area contributed by atoms with Crippen molar-refractivity contribution in [3.05, 3.63) is 34.8 Å². The molecule has 0 spiro atoms. The Balaban J connectivity index is 0.00000121. The number of carbonyl (C=O) groups is 1. The first kappa shape index (κ1) is 10.4. The maximum absolute atomic E-state index is 10.3. The smallest absolute Gasteiger partial charge is 0.385 e. The van der Waals surface area contributed by atoms with Crippen LogP contribution in [0.3, 0.4) is 0 Å². The molecule has 0 amide bonds. The van der Waals surface area contributed by atoms with Gasteiger partial charge < -0.3 is 17.5 Å². The van der Waals surface area contributed by atoms with E-state index < -0.39 is 5.97 Å². The fourth-order valence-corrected chi connectivity index (χ4v) is 0.701. The van der Waals surface area contributed by atoms with Gasteiger partial charge in [-0.15, -0.1) is 0 Å². The van der Waals surface area contributed by atoms with E-state index in [1.54, 1.807) is 0 Å². The number of carboxylic acids is 1. The summed E-state index contributed by atoms with van der Waals surface area (Å²) in [4.78, 5) is 13.2. The molecule has 0 aliphatic heterocycles. The van der Waals surface area contributed by atoms with Gasteiger partial charge in [0.2, 0.25) is 5.39 Å². The quantitative estimate of drug-likeness (QED) is 0.562. The van der Waals surface area contributed by atoms with Crippen molar-refractivity contribution >= 4 is 11.7 Å². The van der Waals surface area contributed by atoms with Crippen LogP contribution in [0, 0.1) is 5.39 Å². The molecule has 0 saturated carbocycles. The van der Waals surface area contributed by atoms with Gasteiger partial charge in [0.15, 0.2) is 4.98 Å². The largest absolute Gasteiger partial charge is 1.00 e. The first-order valence-electron chi connectivity index (χ1n) is 2.92. The van der Waals surface area contributed by atoms with Crippen molar-refractivity contribution in [2.24, 2.45) is 0 Å². The van der Waals surface area contributed by atoms with Gasteiger partial charge in [-0.3, -0.25) is 0 Å². The molecule has 5 heteroatoms. The third-order valence-corrected chi connectivity index (χ3v) is 1.21. The molecule has 0 aliphatic carbocycles. The summed E-state index contributed by atoms with van der Waals surface area (Å²) in [5, 5.41) is 16.8. The Bertz CT molecular complexity index is 332. The zero-order chi connectivity index (χ0) is 8.27. The van der Waals surface area contributed by atoms with Crippen LogP contribution >= 0.6 is 0 Å². The molecule has 62 valence electrons. The summed E-state index contributed by atoms with van der Waals surface area (Å²) in [5.74, 6) is -1.03. The molecule has 0 unspecified atom stereocenters. The van der Waals surface area contributed by atoms with Gasteiger partial charge >= 0.3 is 11.7 Å². The molecule has 1 aromatic carbocycles. The van der Waals surface area contributed by atoms with Gasteiger partial charge in [0, 0.05) is 12.1 Å². The summed E-state index contributed by atoms with van der Waals surface area (Å²) in [6.45, 7) is 0. The molecule has 1 aromatic rings. The van der Waals surface area contributed by atoms with E-state index in [9.17, 15) is 4.79 Å². The third kappa shape index (κ3) is 2.22. The molecule has 0 fully saturated rings. The first-order valence-corrected chi connectivity index (χ1v) is 2.92. The summed E-state index contributed by atoms with van der Waals surface area (Å²) >= 11 is 0. The number of hydrogen-bond acceptors (Lipinski definition) is 2. The SMILES string of the molecule is N#[N+]c1cccc(C(=O)O)c1.[Cl-]. The lowest BCUT2D eigenvalue weighted by Gasteiger charge is -1.86. The van der Waals surface area contributed by atoms with E-state index in [4.69, 9.17) is 10.5 Å². The number of benzene rings is 1. The second-order valence-corrected chi connectivity index (χ2v) is 1.96. The van der Waals surface area contributed by atoms with Crippen LogP contribution in [0.2, 0.25) is 0 Å². The molecular weight excluding hydrogens is 180 g/mol. The van der Waals surface area contributed by atoms with Crippen LogP contribution in [0.25, 0.3) is 4.98 Å². The lowest BCUT2D eigenvalue weighted by atomic mass is 10.2. The Morgan fingerprint density at radius 2 is 2.17 bits per heavy atom. The van der Waals surface area contributed by atoms with E-state index in [1.165, 1.54) is 24.3 Å². The molecule has 0 radical (unpaired) electrons. The molecule has 1 N–H and O–H groups in total. The van der Waals surface area contributed by atoms with Crippen molar-refractivity contribution in [2.45, 2.75) is 0 Å². The zero-order valence-corrected chi connectivity index (χ0v) is 6.69. The van der Waals surface area contributed by atoms with Crippen molar-refractivity contribution in [2.75, 3.05) is 0 Å². The van der Waals surface area contributed by atoms with Crippen LogP contribution in [-0.2, 0) is 0 Å². The van der Waals surface area contributed by atoms with Crippen LogP contribution in [0.15, 0.2) is 24.3 Å². The minimum Gasteiger partial charge on any atom is -1.00 e. The monoisotopic (exact) mass is 184 g/mol. The number of carboxylic acid groups (broad SMARTS) is 1. The van der Waals surface area contributed by atoms with E-state index in [1.807, 2.05) is 0 Å². The lowest BCUT2D eigenvalue weighted by Crippen LogP contribution is -3.00. The van der Waals surface area contributed by atoms with Gasteiger partial charge in [-0.2, -0.15) is 0 Å². The van der Waals surface area contributed by atoms with E-state index in [-0.39, 0.29) is 23.7 Å². The van der Waals surface area contributed by atoms with Crippen molar-refractivity contribution < 1.29 is 22.3 Å². The first-order chi connectivity index (χ1) is 5.24. The summed E-state index contributed by atoms with van der Waals surface area (Å²) in [6.07, 6.45) is 0. The predicted octanol–water partition coefficient (Wildman–Crippen LogP) is -1.13. The van der Waals surface area contributed by atoms with E-state index in [0.717, 1.165) is 0 Å². The Morgan fingerprint density at radius 1 is 1.50 bits per heavy atom. The Morgan fingerprint density at radius 3 is 2.67 bits per heavy atom. The second kappa shape index (κ2) is 4.31. The maximum atomic E-state index is 10.3. The van der Waals surface area contributed by atoms with E-state index in [0.29, 0.717) is 0 Å². The zero-order valence-electron chi connectivity index (χ0n) is 5.94. The number of aromatic carboxylic acids is 1. The van der Waals surface area contributed by atoms with Crippen LogP contribution in [0.1, 0.15) is 10.4 Å². The number of halogens is 1. The molecule has 1 rings (SSSR count). The topological polar surface area (TPSA) is 65.5 Å². The van der Waals surface area contributed by atoms with Gasteiger partial charge in [-0.25, -0.2) is 4.79 Å². The van der Waals surface area contributed by atoms with Crippen LogP contribution in [0.5, 0.6) is 0 Å². The van der Waals surface area contributed by atoms with E-state index >= 15 is 0 Å². The average Bonchev–Trinajstić information content (AvgIpc) is 2.05. The fraction of sp³-hybridized carbons (Fsp3) is 0. The maximum Gasteiger partial charge on any atom is 0.385 e. The second-order valence-electron chi connectivity index (χ2n) is 1.96. The standard InChI is InChI=1S/C7H4N2O2.ClH/c8-9-6-3-1-2-5(4-6)7(10)11;/h1-4H;1H. The molecule has 0 bridgehead atoms. The number of rotatable bonds is 1. The molecule has 0 aromatic heterocycles. The predicted molar refractivity (Wildman–Crippen MR) is 38.1 cm³/mol. The molecule has 0 aliphatic rings. The highest BCUT2D eigenvalue weighted by Crippen LogP contribution is 2.13. The molecule has 4 nitrogen and oxygen atoms in total. The highest BCUT2D eigenvalue weighted by atomic mass is 35.5. The lowest BCUT2D eigenvalue weighted by molar-refractivity contribution is -0.0000180. The van der Waals surface area contributed by atoms with Crippen LogP contribution < -0.4 is 12.4 Å². The van der Waals surface area contributed by atoms with Gasteiger partial charge in [-0.05, 0) is 6.07 Å². The van der Waals surface area contributed by atoms with E-state index in [2.05, 4.69) is 4.98 Å². The number of diazo groups is 1. The average molecular weight is 185 g/mol. The molecule has 0 saturated heterocycles. The van der Waals surface area contributed by atoms with Crippen molar-refractivity contribution in [3.63, 3.8) is 0 Å². The van der Waals surface area contributed by atoms with Crippen molar-refractivity contribution in [1.82, 2.24) is 0 Å². The summed E-state index contributed by atoms with van der Waals surface area (Å²) < 4.78 is 0. The minimum absolute atomic E-state index is 0. The molecule has 0 atom stereocenters. The minimum atomic E-state index is -1.03. The van der Waals surface area contributed by atoms with Gasteiger partial charge in [0.1, 0.15) is 0 Å². The summed E-state index contributed by atoms with van der Waals surface area (Å²) in [7, 11) is 0. The molecule has 0 heterocycles. The number of hydrogen-bond donors (Lipinski definition) is 1. The number of nitrogens with zero attached hydrogens (tertiary/aromatic N) is 2. The Labute approximate surface area is 74.9 Å². The van der Waals surface area contributed by atoms with Gasteiger partial charge in [0.05, 0.1) is 5.56 Å². The third-order valence-electron chi connectivity index (χ3n) is 1.21. The summed E-state index contributed by atoms with van der Waals surface area (Å²) in [6, 6.07) is 5.73. The van der Waals surface area contributed by atoms with Gasteiger partial charge in [0.25, 0.3) is 0 Å².